The van der Waals surface area contributed by atoms with E-state index in [1.807, 2.05) is 13.1 Å². The lowest BCUT2D eigenvalue weighted by atomic mass is 10.2. The number of aromatic nitrogens is 2. The summed E-state index contributed by atoms with van der Waals surface area (Å²) in [5.41, 5.74) is 6.96. The van der Waals surface area contributed by atoms with Crippen LogP contribution >= 0.6 is 0 Å². The van der Waals surface area contributed by atoms with Gasteiger partial charge in [0.1, 0.15) is 5.82 Å². The van der Waals surface area contributed by atoms with E-state index in [1.54, 1.807) is 0 Å². The number of hydrogen-bond donors (Lipinski definition) is 2. The highest BCUT2D eigenvalue weighted by molar-refractivity contribution is 5.07. The van der Waals surface area contributed by atoms with Crippen molar-refractivity contribution in [3.05, 3.63) is 17.7 Å². The molecule has 0 aliphatic carbocycles. The summed E-state index contributed by atoms with van der Waals surface area (Å²) < 4.78 is 0. The van der Waals surface area contributed by atoms with E-state index in [-0.39, 0.29) is 0 Å². The van der Waals surface area contributed by atoms with Crippen molar-refractivity contribution in [3.63, 3.8) is 0 Å². The normalized spacial score (nSPS) is 20.1. The molecule has 1 saturated heterocycles. The summed E-state index contributed by atoms with van der Waals surface area (Å²) in [4.78, 5) is 9.93. The first-order valence-electron chi connectivity index (χ1n) is 5.27. The summed E-state index contributed by atoms with van der Waals surface area (Å²) in [5, 5.41) is 0. The van der Waals surface area contributed by atoms with Crippen LogP contribution in [0.2, 0.25) is 0 Å². The lowest BCUT2D eigenvalue weighted by Crippen LogP contribution is -2.31. The van der Waals surface area contributed by atoms with Crippen LogP contribution in [0.15, 0.2) is 6.20 Å². The molecule has 1 atom stereocenters. The number of aromatic amines is 1. The van der Waals surface area contributed by atoms with E-state index in [0.717, 1.165) is 11.5 Å². The molecule has 2 rings (SSSR count). The third-order valence-electron chi connectivity index (χ3n) is 2.89. The van der Waals surface area contributed by atoms with E-state index in [4.69, 9.17) is 5.73 Å². The van der Waals surface area contributed by atoms with Gasteiger partial charge in [0.25, 0.3) is 0 Å². The Hall–Kier alpha value is -0.870. The average Bonchev–Trinajstić information content (AvgIpc) is 2.79. The number of rotatable bonds is 3. The van der Waals surface area contributed by atoms with Gasteiger partial charge in [0.15, 0.2) is 0 Å². The van der Waals surface area contributed by atoms with Crippen molar-refractivity contribution in [3.8, 4) is 0 Å². The molecule has 1 aromatic heterocycles. The zero-order valence-electron chi connectivity index (χ0n) is 8.66. The molecule has 2 heterocycles. The Labute approximate surface area is 84.5 Å². The Balaban J connectivity index is 2.12. The fraction of sp³-hybridized carbons (Fsp3) is 0.700. The van der Waals surface area contributed by atoms with Crippen molar-refractivity contribution in [2.45, 2.75) is 25.8 Å². The molecule has 3 N–H and O–H groups in total. The molecule has 0 radical (unpaired) electrons. The molecule has 1 unspecified atom stereocenters. The van der Waals surface area contributed by atoms with Crippen molar-refractivity contribution in [2.75, 3.05) is 19.6 Å². The summed E-state index contributed by atoms with van der Waals surface area (Å²) in [5.74, 6) is 0.970. The highest BCUT2D eigenvalue weighted by Gasteiger charge is 2.23. The van der Waals surface area contributed by atoms with Crippen LogP contribution in [-0.2, 0) is 0 Å². The van der Waals surface area contributed by atoms with Gasteiger partial charge in [0.05, 0.1) is 11.7 Å². The van der Waals surface area contributed by atoms with Crippen LogP contribution in [0, 0.1) is 6.92 Å². The Morgan fingerprint density at radius 2 is 2.29 bits per heavy atom. The molecule has 0 amide bonds. The Morgan fingerprint density at radius 3 is 2.79 bits per heavy atom. The van der Waals surface area contributed by atoms with Gasteiger partial charge in [0.2, 0.25) is 0 Å². The molecule has 1 fully saturated rings. The maximum Gasteiger partial charge on any atom is 0.103 e. The number of nitrogens with one attached hydrogen (secondary N) is 1. The highest BCUT2D eigenvalue weighted by Crippen LogP contribution is 2.22. The Bertz CT molecular complexity index is 288. The summed E-state index contributed by atoms with van der Waals surface area (Å²) >= 11 is 0. The molecule has 1 aromatic rings. The van der Waals surface area contributed by atoms with Crippen LogP contribution in [0.25, 0.3) is 0 Å². The summed E-state index contributed by atoms with van der Waals surface area (Å²) in [6, 6.07) is 0.332. The summed E-state index contributed by atoms with van der Waals surface area (Å²) in [6.45, 7) is 4.97. The molecular formula is C10H18N4. The second-order valence-electron chi connectivity index (χ2n) is 3.92. The zero-order chi connectivity index (χ0) is 9.97. The topological polar surface area (TPSA) is 57.9 Å². The molecule has 0 aromatic carbocycles. The van der Waals surface area contributed by atoms with Crippen LogP contribution in [-0.4, -0.2) is 34.5 Å². The van der Waals surface area contributed by atoms with Gasteiger partial charge >= 0.3 is 0 Å². The molecular weight excluding hydrogens is 176 g/mol. The predicted molar refractivity (Wildman–Crippen MR) is 55.9 cm³/mol. The maximum atomic E-state index is 5.80. The summed E-state index contributed by atoms with van der Waals surface area (Å²) in [7, 11) is 0. The highest BCUT2D eigenvalue weighted by atomic mass is 15.2. The van der Waals surface area contributed by atoms with Crippen LogP contribution in [0.4, 0.5) is 0 Å². The van der Waals surface area contributed by atoms with Crippen molar-refractivity contribution in [1.82, 2.24) is 14.9 Å². The number of aryl methyl sites for hydroxylation is 1. The van der Waals surface area contributed by atoms with Crippen LogP contribution in [0.1, 0.15) is 30.4 Å². The molecule has 78 valence electrons. The van der Waals surface area contributed by atoms with Gasteiger partial charge in [0, 0.05) is 12.7 Å². The molecule has 4 nitrogen and oxygen atoms in total. The average molecular weight is 194 g/mol. The Kier molecular flexibility index (Phi) is 2.84. The SMILES string of the molecule is Cc1ncc(C(CN)N2CCCC2)[nH]1. The number of H-pyrrole nitrogens is 1. The minimum atomic E-state index is 0.332. The van der Waals surface area contributed by atoms with Crippen LogP contribution < -0.4 is 5.73 Å². The quantitative estimate of drug-likeness (QED) is 0.748. The lowest BCUT2D eigenvalue weighted by Gasteiger charge is -2.24. The van der Waals surface area contributed by atoms with E-state index in [1.165, 1.54) is 25.9 Å². The number of nitrogens with zero attached hydrogens (tertiary/aromatic N) is 2. The van der Waals surface area contributed by atoms with Crippen molar-refractivity contribution in [2.24, 2.45) is 5.73 Å². The second-order valence-corrected chi connectivity index (χ2v) is 3.92. The van der Waals surface area contributed by atoms with E-state index >= 15 is 0 Å². The molecule has 0 bridgehead atoms. The third kappa shape index (κ3) is 1.81. The standard InChI is InChI=1S/C10H18N4/c1-8-12-7-9(13-8)10(6-11)14-4-2-3-5-14/h7,10H,2-6,11H2,1H3,(H,12,13). The van der Waals surface area contributed by atoms with Gasteiger partial charge < -0.3 is 10.7 Å². The number of hydrogen-bond acceptors (Lipinski definition) is 3. The van der Waals surface area contributed by atoms with Crippen LogP contribution in [0.5, 0.6) is 0 Å². The van der Waals surface area contributed by atoms with E-state index in [9.17, 15) is 0 Å². The maximum absolute atomic E-state index is 5.80. The first kappa shape index (κ1) is 9.68. The zero-order valence-corrected chi connectivity index (χ0v) is 8.66. The fourth-order valence-electron chi connectivity index (χ4n) is 2.14. The van der Waals surface area contributed by atoms with Crippen molar-refractivity contribution < 1.29 is 0 Å². The number of imidazole rings is 1. The minimum Gasteiger partial charge on any atom is -0.345 e. The van der Waals surface area contributed by atoms with Crippen LogP contribution in [0.3, 0.4) is 0 Å². The largest absolute Gasteiger partial charge is 0.345 e. The molecule has 1 aliphatic rings. The van der Waals surface area contributed by atoms with E-state index in [0.29, 0.717) is 12.6 Å². The van der Waals surface area contributed by atoms with Gasteiger partial charge in [-0.05, 0) is 32.9 Å². The third-order valence-corrected chi connectivity index (χ3v) is 2.89. The number of nitrogens with two attached hydrogens (primary N) is 1. The molecule has 0 spiro atoms. The second kappa shape index (κ2) is 4.11. The van der Waals surface area contributed by atoms with E-state index < -0.39 is 0 Å². The first-order valence-corrected chi connectivity index (χ1v) is 5.27. The van der Waals surface area contributed by atoms with Gasteiger partial charge in [-0.15, -0.1) is 0 Å². The van der Waals surface area contributed by atoms with Gasteiger partial charge in [-0.3, -0.25) is 4.90 Å². The van der Waals surface area contributed by atoms with Gasteiger partial charge in [-0.25, -0.2) is 4.98 Å². The predicted octanol–water partition coefficient (Wildman–Crippen LogP) is 0.814. The van der Waals surface area contributed by atoms with Crippen molar-refractivity contribution >= 4 is 0 Å². The fourth-order valence-corrected chi connectivity index (χ4v) is 2.14. The molecule has 14 heavy (non-hydrogen) atoms. The van der Waals surface area contributed by atoms with Crippen molar-refractivity contribution in [1.29, 1.82) is 0 Å². The monoisotopic (exact) mass is 194 g/mol. The van der Waals surface area contributed by atoms with Gasteiger partial charge in [-0.1, -0.05) is 0 Å². The number of likely N-dealkylation sites (tertiary alicyclic amines) is 1. The first-order chi connectivity index (χ1) is 6.81. The lowest BCUT2D eigenvalue weighted by molar-refractivity contribution is 0.247. The van der Waals surface area contributed by atoms with E-state index in [2.05, 4.69) is 14.9 Å². The Morgan fingerprint density at radius 1 is 1.57 bits per heavy atom. The summed E-state index contributed by atoms with van der Waals surface area (Å²) in [6.07, 6.45) is 4.50. The van der Waals surface area contributed by atoms with Gasteiger partial charge in [-0.2, -0.15) is 0 Å². The molecule has 1 aliphatic heterocycles. The minimum absolute atomic E-state index is 0.332. The molecule has 0 saturated carbocycles. The molecule has 4 heteroatoms. The smallest absolute Gasteiger partial charge is 0.103 e.